The number of nitrogens with zero attached hydrogens (tertiary/aromatic N) is 1. The standard InChI is InChI=1S/C15H19FN2O2/c1-4-10(2)17-14(19)15(3)9-13(18-20-15)11-6-5-7-12(16)8-11/h5-8,10H,4,9H2,1-3H3,(H,17,19)/t10-,15-/m1/s1. The summed E-state index contributed by atoms with van der Waals surface area (Å²) in [6.45, 7) is 5.63. The molecule has 0 saturated carbocycles. The van der Waals surface area contributed by atoms with E-state index in [0.29, 0.717) is 17.7 Å². The van der Waals surface area contributed by atoms with Crippen molar-refractivity contribution < 1.29 is 14.0 Å². The third-order valence-corrected chi connectivity index (χ3v) is 3.49. The predicted octanol–water partition coefficient (Wildman–Crippen LogP) is 2.62. The lowest BCUT2D eigenvalue weighted by Crippen LogP contribution is -2.47. The lowest BCUT2D eigenvalue weighted by Gasteiger charge is -2.22. The van der Waals surface area contributed by atoms with E-state index in [9.17, 15) is 9.18 Å². The number of hydrogen-bond acceptors (Lipinski definition) is 3. The molecule has 0 radical (unpaired) electrons. The van der Waals surface area contributed by atoms with Crippen LogP contribution in [0.15, 0.2) is 29.4 Å². The molecule has 0 fully saturated rings. The van der Waals surface area contributed by atoms with E-state index < -0.39 is 5.60 Å². The second-order valence-corrected chi connectivity index (χ2v) is 5.33. The molecule has 0 bridgehead atoms. The average molecular weight is 278 g/mol. The zero-order valence-electron chi connectivity index (χ0n) is 11.9. The molecule has 2 atom stereocenters. The van der Waals surface area contributed by atoms with Crippen LogP contribution in [-0.2, 0) is 9.63 Å². The van der Waals surface area contributed by atoms with Crippen LogP contribution >= 0.6 is 0 Å². The first-order chi connectivity index (χ1) is 9.44. The van der Waals surface area contributed by atoms with Crippen molar-refractivity contribution in [3.63, 3.8) is 0 Å². The summed E-state index contributed by atoms with van der Waals surface area (Å²) in [6, 6.07) is 6.21. The van der Waals surface area contributed by atoms with Crippen LogP contribution in [0.25, 0.3) is 0 Å². The molecule has 108 valence electrons. The van der Waals surface area contributed by atoms with Gasteiger partial charge < -0.3 is 10.2 Å². The van der Waals surface area contributed by atoms with Gasteiger partial charge in [-0.1, -0.05) is 24.2 Å². The van der Waals surface area contributed by atoms with Crippen molar-refractivity contribution >= 4 is 11.6 Å². The Kier molecular flexibility index (Phi) is 4.06. The molecule has 4 nitrogen and oxygen atoms in total. The van der Waals surface area contributed by atoms with Crippen molar-refractivity contribution in [3.8, 4) is 0 Å². The SMILES string of the molecule is CC[C@@H](C)NC(=O)[C@@]1(C)CC(c2cccc(F)c2)=NO1. The maximum Gasteiger partial charge on any atom is 0.267 e. The van der Waals surface area contributed by atoms with E-state index in [4.69, 9.17) is 4.84 Å². The smallest absolute Gasteiger partial charge is 0.267 e. The van der Waals surface area contributed by atoms with Gasteiger partial charge in [0.1, 0.15) is 5.82 Å². The monoisotopic (exact) mass is 278 g/mol. The Labute approximate surface area is 118 Å². The molecule has 5 heteroatoms. The number of rotatable bonds is 4. The molecule has 0 spiro atoms. The summed E-state index contributed by atoms with van der Waals surface area (Å²) in [5.41, 5.74) is 0.210. The van der Waals surface area contributed by atoms with Crippen LogP contribution in [0.4, 0.5) is 4.39 Å². The van der Waals surface area contributed by atoms with Crippen molar-refractivity contribution in [3.05, 3.63) is 35.6 Å². The first-order valence-electron chi connectivity index (χ1n) is 6.76. The first-order valence-corrected chi connectivity index (χ1v) is 6.76. The van der Waals surface area contributed by atoms with Gasteiger partial charge in [0.05, 0.1) is 5.71 Å². The topological polar surface area (TPSA) is 50.7 Å². The van der Waals surface area contributed by atoms with Gasteiger partial charge in [0.2, 0.25) is 5.60 Å². The van der Waals surface area contributed by atoms with Gasteiger partial charge in [0, 0.05) is 18.0 Å². The first kappa shape index (κ1) is 14.5. The normalized spacial score (nSPS) is 22.9. The fourth-order valence-electron chi connectivity index (χ4n) is 1.96. The van der Waals surface area contributed by atoms with E-state index in [1.54, 1.807) is 19.1 Å². The second kappa shape index (κ2) is 5.61. The molecule has 0 saturated heterocycles. The summed E-state index contributed by atoms with van der Waals surface area (Å²) >= 11 is 0. The molecule has 1 amide bonds. The summed E-state index contributed by atoms with van der Waals surface area (Å²) in [6.07, 6.45) is 1.18. The predicted molar refractivity (Wildman–Crippen MR) is 74.9 cm³/mol. The zero-order chi connectivity index (χ0) is 14.8. The van der Waals surface area contributed by atoms with Gasteiger partial charge in [-0.05, 0) is 32.4 Å². The number of oxime groups is 1. The highest BCUT2D eigenvalue weighted by Crippen LogP contribution is 2.27. The summed E-state index contributed by atoms with van der Waals surface area (Å²) in [4.78, 5) is 17.5. The molecule has 20 heavy (non-hydrogen) atoms. The van der Waals surface area contributed by atoms with Crippen molar-refractivity contribution in [2.45, 2.75) is 45.3 Å². The lowest BCUT2D eigenvalue weighted by atomic mass is 9.94. The number of hydrogen-bond donors (Lipinski definition) is 1. The van der Waals surface area contributed by atoms with Gasteiger partial charge in [-0.15, -0.1) is 0 Å². The van der Waals surface area contributed by atoms with Crippen LogP contribution in [-0.4, -0.2) is 23.3 Å². The Bertz CT molecular complexity index is 544. The van der Waals surface area contributed by atoms with Crippen LogP contribution in [0.2, 0.25) is 0 Å². The molecular formula is C15H19FN2O2. The Morgan fingerprint density at radius 3 is 3.00 bits per heavy atom. The van der Waals surface area contributed by atoms with E-state index in [1.165, 1.54) is 12.1 Å². The van der Waals surface area contributed by atoms with Gasteiger partial charge in [-0.2, -0.15) is 0 Å². The Hall–Kier alpha value is -1.91. The number of nitrogens with one attached hydrogen (secondary N) is 1. The van der Waals surface area contributed by atoms with Crippen LogP contribution in [0, 0.1) is 5.82 Å². The van der Waals surface area contributed by atoms with Crippen molar-refractivity contribution in [1.82, 2.24) is 5.32 Å². The Morgan fingerprint density at radius 1 is 1.60 bits per heavy atom. The lowest BCUT2D eigenvalue weighted by molar-refractivity contribution is -0.142. The zero-order valence-corrected chi connectivity index (χ0v) is 11.9. The highest BCUT2D eigenvalue weighted by atomic mass is 19.1. The maximum absolute atomic E-state index is 13.2. The molecule has 1 N–H and O–H groups in total. The van der Waals surface area contributed by atoms with Gasteiger partial charge in [-0.3, -0.25) is 4.79 Å². The second-order valence-electron chi connectivity index (χ2n) is 5.33. The van der Waals surface area contributed by atoms with Gasteiger partial charge in [0.25, 0.3) is 5.91 Å². The van der Waals surface area contributed by atoms with Crippen LogP contribution in [0.3, 0.4) is 0 Å². The van der Waals surface area contributed by atoms with Gasteiger partial charge >= 0.3 is 0 Å². The summed E-state index contributed by atoms with van der Waals surface area (Å²) in [5.74, 6) is -0.523. The molecule has 0 aromatic heterocycles. The fourth-order valence-corrected chi connectivity index (χ4v) is 1.96. The quantitative estimate of drug-likeness (QED) is 0.920. The van der Waals surface area contributed by atoms with Crippen LogP contribution < -0.4 is 5.32 Å². The maximum atomic E-state index is 13.2. The van der Waals surface area contributed by atoms with Crippen LogP contribution in [0.5, 0.6) is 0 Å². The minimum absolute atomic E-state index is 0.0844. The van der Waals surface area contributed by atoms with E-state index in [1.807, 2.05) is 13.8 Å². The van der Waals surface area contributed by atoms with Crippen molar-refractivity contribution in [2.24, 2.45) is 5.16 Å². The highest BCUT2D eigenvalue weighted by molar-refractivity contribution is 6.05. The largest absolute Gasteiger partial charge is 0.379 e. The van der Waals surface area contributed by atoms with Crippen molar-refractivity contribution in [2.75, 3.05) is 0 Å². The summed E-state index contributed by atoms with van der Waals surface area (Å²) in [5, 5.41) is 6.83. The van der Waals surface area contributed by atoms with Crippen LogP contribution in [0.1, 0.15) is 39.2 Å². The molecule has 0 aliphatic carbocycles. The third-order valence-electron chi connectivity index (χ3n) is 3.49. The van der Waals surface area contributed by atoms with E-state index in [0.717, 1.165) is 6.42 Å². The molecule has 2 rings (SSSR count). The van der Waals surface area contributed by atoms with E-state index in [2.05, 4.69) is 10.5 Å². The van der Waals surface area contributed by atoms with E-state index >= 15 is 0 Å². The van der Waals surface area contributed by atoms with Crippen molar-refractivity contribution in [1.29, 1.82) is 0 Å². The molecule has 1 aromatic rings. The number of carbonyl (C=O) groups excluding carboxylic acids is 1. The van der Waals surface area contributed by atoms with Gasteiger partial charge in [0.15, 0.2) is 0 Å². The molecule has 1 heterocycles. The van der Waals surface area contributed by atoms with Gasteiger partial charge in [-0.25, -0.2) is 4.39 Å². The Morgan fingerprint density at radius 2 is 2.35 bits per heavy atom. The molecule has 1 aromatic carbocycles. The summed E-state index contributed by atoms with van der Waals surface area (Å²) < 4.78 is 13.2. The minimum Gasteiger partial charge on any atom is -0.379 e. The molecule has 1 aliphatic heterocycles. The number of benzene rings is 1. The number of amides is 1. The number of halogens is 1. The van der Waals surface area contributed by atoms with E-state index in [-0.39, 0.29) is 17.8 Å². The Balaban J connectivity index is 2.08. The highest BCUT2D eigenvalue weighted by Gasteiger charge is 2.42. The number of carbonyl (C=O) groups is 1. The third kappa shape index (κ3) is 2.98. The molecule has 1 aliphatic rings. The average Bonchev–Trinajstić information content (AvgIpc) is 2.82. The molecule has 0 unspecified atom stereocenters. The fraction of sp³-hybridized carbons (Fsp3) is 0.467. The minimum atomic E-state index is -1.02. The molecular weight excluding hydrogens is 259 g/mol. The summed E-state index contributed by atoms with van der Waals surface area (Å²) in [7, 11) is 0.